The van der Waals surface area contributed by atoms with Crippen molar-refractivity contribution >= 4 is 43.2 Å². The summed E-state index contributed by atoms with van der Waals surface area (Å²) < 4.78 is 14.6. The first-order valence-electron chi connectivity index (χ1n) is 5.02. The molecule has 0 fully saturated rings. The smallest absolute Gasteiger partial charge is 0.139 e. The molecule has 2 nitrogen and oxygen atoms in total. The lowest BCUT2D eigenvalue weighted by atomic mass is 10.2. The van der Waals surface area contributed by atoms with Gasteiger partial charge in [0, 0.05) is 10.2 Å². The lowest BCUT2D eigenvalue weighted by molar-refractivity contribution is 0.622. The zero-order valence-electron chi connectivity index (χ0n) is 9.05. The molecule has 0 atom stereocenters. The van der Waals surface area contributed by atoms with Crippen LogP contribution >= 0.6 is 31.9 Å². The van der Waals surface area contributed by atoms with E-state index < -0.39 is 0 Å². The van der Waals surface area contributed by atoms with Crippen molar-refractivity contribution in [1.29, 1.82) is 5.26 Å². The molecule has 0 heterocycles. The van der Waals surface area contributed by atoms with Crippen molar-refractivity contribution in [2.24, 2.45) is 0 Å². The second-order valence-corrected chi connectivity index (χ2v) is 5.33. The highest BCUT2D eigenvalue weighted by molar-refractivity contribution is 9.10. The van der Waals surface area contributed by atoms with Gasteiger partial charge in [-0.2, -0.15) is 5.26 Å². The number of nitrogens with zero attached hydrogens (tertiary/aromatic N) is 1. The minimum absolute atomic E-state index is 0.351. The summed E-state index contributed by atoms with van der Waals surface area (Å²) in [6.07, 6.45) is 0. The second kappa shape index (κ2) is 5.51. The molecule has 0 saturated heterocycles. The number of nitriles is 1. The van der Waals surface area contributed by atoms with Crippen LogP contribution in [-0.4, -0.2) is 0 Å². The standard InChI is InChI=1S/C13H7Br2FN2/c14-9-1-4-13(8(5-9)7-17)18-10-2-3-11(15)12(16)6-10/h1-6,18H. The molecule has 0 radical (unpaired) electrons. The van der Waals surface area contributed by atoms with Gasteiger partial charge in [-0.1, -0.05) is 15.9 Å². The maximum atomic E-state index is 13.4. The van der Waals surface area contributed by atoms with Gasteiger partial charge in [0.05, 0.1) is 15.7 Å². The Bertz CT molecular complexity index is 635. The predicted molar refractivity (Wildman–Crippen MR) is 76.2 cm³/mol. The summed E-state index contributed by atoms with van der Waals surface area (Å²) in [6, 6.07) is 12.1. The number of hydrogen-bond donors (Lipinski definition) is 1. The third kappa shape index (κ3) is 2.89. The van der Waals surface area contributed by atoms with Crippen LogP contribution in [0.4, 0.5) is 15.8 Å². The molecule has 0 spiro atoms. The maximum absolute atomic E-state index is 13.4. The maximum Gasteiger partial charge on any atom is 0.139 e. The summed E-state index contributed by atoms with van der Waals surface area (Å²) in [5.74, 6) is -0.351. The highest BCUT2D eigenvalue weighted by atomic mass is 79.9. The molecule has 90 valence electrons. The molecular weight excluding hydrogens is 363 g/mol. The zero-order chi connectivity index (χ0) is 13.1. The molecule has 2 rings (SSSR count). The van der Waals surface area contributed by atoms with Crippen LogP contribution in [0.15, 0.2) is 45.3 Å². The van der Waals surface area contributed by atoms with Crippen molar-refractivity contribution in [2.45, 2.75) is 0 Å². The summed E-state index contributed by atoms with van der Waals surface area (Å²) in [5.41, 5.74) is 1.73. The van der Waals surface area contributed by atoms with Gasteiger partial charge in [-0.25, -0.2) is 4.39 Å². The van der Waals surface area contributed by atoms with Crippen LogP contribution in [0.3, 0.4) is 0 Å². The fourth-order valence-corrected chi connectivity index (χ4v) is 2.06. The van der Waals surface area contributed by atoms with Gasteiger partial charge in [0.2, 0.25) is 0 Å². The van der Waals surface area contributed by atoms with Crippen molar-refractivity contribution in [2.75, 3.05) is 5.32 Å². The topological polar surface area (TPSA) is 35.8 Å². The van der Waals surface area contributed by atoms with Crippen LogP contribution < -0.4 is 5.32 Å². The Hall–Kier alpha value is -1.38. The number of nitrogens with one attached hydrogen (secondary N) is 1. The average molecular weight is 370 g/mol. The molecule has 0 aliphatic rings. The van der Waals surface area contributed by atoms with Gasteiger partial charge in [-0.3, -0.25) is 0 Å². The first-order chi connectivity index (χ1) is 8.60. The lowest BCUT2D eigenvalue weighted by Crippen LogP contribution is -1.94. The predicted octanol–water partition coefficient (Wildman–Crippen LogP) is 4.97. The number of benzene rings is 2. The van der Waals surface area contributed by atoms with Crippen LogP contribution in [0, 0.1) is 17.1 Å². The molecule has 0 aliphatic heterocycles. The van der Waals surface area contributed by atoms with Crippen molar-refractivity contribution in [3.63, 3.8) is 0 Å². The van der Waals surface area contributed by atoms with Gasteiger partial charge < -0.3 is 5.32 Å². The third-order valence-electron chi connectivity index (χ3n) is 2.30. The fraction of sp³-hybridized carbons (Fsp3) is 0. The van der Waals surface area contributed by atoms with Crippen LogP contribution in [0.25, 0.3) is 0 Å². The van der Waals surface area contributed by atoms with Crippen molar-refractivity contribution in [3.8, 4) is 6.07 Å². The summed E-state index contributed by atoms with van der Waals surface area (Å²) in [5, 5.41) is 12.0. The third-order valence-corrected chi connectivity index (χ3v) is 3.44. The average Bonchev–Trinajstić information content (AvgIpc) is 2.36. The summed E-state index contributed by atoms with van der Waals surface area (Å²) in [6.45, 7) is 0. The van der Waals surface area contributed by atoms with Crippen molar-refractivity contribution in [1.82, 2.24) is 0 Å². The van der Waals surface area contributed by atoms with E-state index in [0.29, 0.717) is 21.4 Å². The fourth-order valence-electron chi connectivity index (χ4n) is 1.45. The van der Waals surface area contributed by atoms with Gasteiger partial charge in [-0.15, -0.1) is 0 Å². The molecule has 2 aromatic carbocycles. The molecule has 0 unspecified atom stereocenters. The van der Waals surface area contributed by atoms with E-state index >= 15 is 0 Å². The molecule has 0 bridgehead atoms. The number of rotatable bonds is 2. The molecule has 18 heavy (non-hydrogen) atoms. The normalized spacial score (nSPS) is 9.89. The van der Waals surface area contributed by atoms with E-state index in [9.17, 15) is 4.39 Å². The Labute approximate surface area is 121 Å². The van der Waals surface area contributed by atoms with E-state index in [-0.39, 0.29) is 5.82 Å². The van der Waals surface area contributed by atoms with E-state index in [0.717, 1.165) is 4.47 Å². The van der Waals surface area contributed by atoms with E-state index in [4.69, 9.17) is 5.26 Å². The van der Waals surface area contributed by atoms with E-state index in [2.05, 4.69) is 43.2 Å². The molecule has 0 aliphatic carbocycles. The molecule has 5 heteroatoms. The molecule has 0 amide bonds. The van der Waals surface area contributed by atoms with E-state index in [1.807, 2.05) is 6.07 Å². The molecule has 0 aromatic heterocycles. The first kappa shape index (κ1) is 13.1. The van der Waals surface area contributed by atoms with Crippen LogP contribution in [0.1, 0.15) is 5.56 Å². The highest BCUT2D eigenvalue weighted by Crippen LogP contribution is 2.26. The van der Waals surface area contributed by atoms with Gasteiger partial charge >= 0.3 is 0 Å². The van der Waals surface area contributed by atoms with E-state index in [1.54, 1.807) is 24.3 Å². The largest absolute Gasteiger partial charge is 0.354 e. The van der Waals surface area contributed by atoms with Gasteiger partial charge in [0.25, 0.3) is 0 Å². The Kier molecular flexibility index (Phi) is 4.00. The van der Waals surface area contributed by atoms with Gasteiger partial charge in [0.1, 0.15) is 11.9 Å². The summed E-state index contributed by atoms with van der Waals surface area (Å²) in [4.78, 5) is 0. The minimum Gasteiger partial charge on any atom is -0.354 e. The molecule has 2 aromatic rings. The minimum atomic E-state index is -0.351. The number of anilines is 2. The number of hydrogen-bond acceptors (Lipinski definition) is 2. The Morgan fingerprint density at radius 2 is 1.89 bits per heavy atom. The van der Waals surface area contributed by atoms with Gasteiger partial charge in [-0.05, 0) is 52.3 Å². The van der Waals surface area contributed by atoms with Crippen molar-refractivity contribution < 1.29 is 4.39 Å². The zero-order valence-corrected chi connectivity index (χ0v) is 12.2. The van der Waals surface area contributed by atoms with Crippen LogP contribution in [0.2, 0.25) is 0 Å². The van der Waals surface area contributed by atoms with Crippen LogP contribution in [-0.2, 0) is 0 Å². The van der Waals surface area contributed by atoms with Crippen LogP contribution in [0.5, 0.6) is 0 Å². The molecular formula is C13H7Br2FN2. The van der Waals surface area contributed by atoms with Gasteiger partial charge in [0.15, 0.2) is 0 Å². The Morgan fingerprint density at radius 1 is 1.11 bits per heavy atom. The van der Waals surface area contributed by atoms with Crippen molar-refractivity contribution in [3.05, 3.63) is 56.7 Å². The first-order valence-corrected chi connectivity index (χ1v) is 6.60. The Morgan fingerprint density at radius 3 is 2.56 bits per heavy atom. The Balaban J connectivity index is 2.34. The summed E-state index contributed by atoms with van der Waals surface area (Å²) in [7, 11) is 0. The van der Waals surface area contributed by atoms with E-state index in [1.165, 1.54) is 6.07 Å². The quantitative estimate of drug-likeness (QED) is 0.811. The lowest BCUT2D eigenvalue weighted by Gasteiger charge is -2.09. The highest BCUT2D eigenvalue weighted by Gasteiger charge is 2.05. The molecule has 0 saturated carbocycles. The second-order valence-electron chi connectivity index (χ2n) is 3.56. The summed E-state index contributed by atoms with van der Waals surface area (Å²) >= 11 is 6.39. The number of halogens is 3. The monoisotopic (exact) mass is 368 g/mol. The SMILES string of the molecule is N#Cc1cc(Br)ccc1Nc1ccc(Br)c(F)c1. The molecule has 1 N–H and O–H groups in total.